The molecule has 0 radical (unpaired) electrons. The Hall–Kier alpha value is -1.02. The van der Waals surface area contributed by atoms with Gasteiger partial charge in [-0.3, -0.25) is 10.1 Å². The van der Waals surface area contributed by atoms with Crippen molar-refractivity contribution in [2.45, 2.75) is 54.5 Å². The lowest BCUT2D eigenvalue weighted by Gasteiger charge is -2.34. The lowest BCUT2D eigenvalue weighted by Crippen LogP contribution is -2.42. The number of thioether (sulfide) groups is 1. The number of benzene rings is 1. The Bertz CT molecular complexity index is 668. The van der Waals surface area contributed by atoms with Gasteiger partial charge in [0, 0.05) is 33.6 Å². The molecular weight excluding hydrogens is 344 g/mol. The van der Waals surface area contributed by atoms with Crippen LogP contribution in [0.3, 0.4) is 0 Å². The predicted octanol–water partition coefficient (Wildman–Crippen LogP) is 4.22. The van der Waals surface area contributed by atoms with Crippen molar-refractivity contribution in [1.29, 1.82) is 0 Å². The summed E-state index contributed by atoms with van der Waals surface area (Å²) in [4.78, 5) is 11.9. The number of nitro benzene ring substituents is 1. The Morgan fingerprint density at radius 2 is 2.04 bits per heavy atom. The standard InChI is InChI=1S/C17H22N2O3S2/c1-17(2,3)24(22)18-10-4-5-15(18)14-11-12(19(20)21)6-9-16(14)23-13-7-8-13/h4-6,9,11,13,15H,7-8,10H2,1-3H3/t15-,24+/m1/s1. The van der Waals surface area contributed by atoms with Crippen LogP contribution in [0, 0.1) is 10.1 Å². The first-order valence-electron chi connectivity index (χ1n) is 8.07. The molecule has 1 aliphatic carbocycles. The van der Waals surface area contributed by atoms with Gasteiger partial charge in [0.1, 0.15) is 10.8 Å². The first kappa shape index (κ1) is 17.8. The first-order chi connectivity index (χ1) is 11.3. The molecular formula is C17H22N2O3S2. The highest BCUT2D eigenvalue weighted by Crippen LogP contribution is 2.45. The van der Waals surface area contributed by atoms with E-state index in [1.54, 1.807) is 23.9 Å². The molecule has 0 spiro atoms. The third kappa shape index (κ3) is 3.79. The SMILES string of the molecule is CC(C)(C)[S@+]([O-])N1CC=C[C@@H]1c1cc([N+](=O)[O-])ccc1SC1CC1. The summed E-state index contributed by atoms with van der Waals surface area (Å²) in [5.41, 5.74) is 0.986. The van der Waals surface area contributed by atoms with Crippen LogP contribution in [0.2, 0.25) is 0 Å². The summed E-state index contributed by atoms with van der Waals surface area (Å²) in [7, 11) is 0. The van der Waals surface area contributed by atoms with E-state index in [9.17, 15) is 14.7 Å². The van der Waals surface area contributed by atoms with Crippen molar-refractivity contribution in [3.8, 4) is 0 Å². The molecule has 0 aromatic heterocycles. The quantitative estimate of drug-likeness (QED) is 0.338. The van der Waals surface area contributed by atoms with E-state index in [2.05, 4.69) is 0 Å². The molecule has 1 aliphatic heterocycles. The van der Waals surface area contributed by atoms with Crippen LogP contribution >= 0.6 is 11.8 Å². The molecule has 0 saturated heterocycles. The minimum absolute atomic E-state index is 0.0898. The van der Waals surface area contributed by atoms with Crippen molar-refractivity contribution >= 4 is 28.8 Å². The highest BCUT2D eigenvalue weighted by atomic mass is 32.2. The molecule has 0 amide bonds. The lowest BCUT2D eigenvalue weighted by molar-refractivity contribution is -0.385. The van der Waals surface area contributed by atoms with E-state index in [4.69, 9.17) is 0 Å². The van der Waals surface area contributed by atoms with Gasteiger partial charge in [0.05, 0.1) is 11.5 Å². The molecule has 3 rings (SSSR count). The number of nitrogens with zero attached hydrogens (tertiary/aromatic N) is 2. The number of hydrogen-bond acceptors (Lipinski definition) is 5. The maximum Gasteiger partial charge on any atom is 0.269 e. The molecule has 1 saturated carbocycles. The molecule has 0 unspecified atom stereocenters. The summed E-state index contributed by atoms with van der Waals surface area (Å²) in [5.74, 6) is 0. The fourth-order valence-corrected chi connectivity index (χ4v) is 5.15. The van der Waals surface area contributed by atoms with Crippen LogP contribution in [0.4, 0.5) is 5.69 Å². The Morgan fingerprint density at radius 1 is 1.33 bits per heavy atom. The first-order valence-corrected chi connectivity index (χ1v) is 10.1. The van der Waals surface area contributed by atoms with E-state index >= 15 is 0 Å². The number of hydrogen-bond donors (Lipinski definition) is 0. The minimum atomic E-state index is -1.17. The van der Waals surface area contributed by atoms with Crippen LogP contribution in [0.25, 0.3) is 0 Å². The van der Waals surface area contributed by atoms with E-state index < -0.39 is 11.4 Å². The number of non-ortho nitro benzene ring substituents is 1. The van der Waals surface area contributed by atoms with Crippen molar-refractivity contribution < 1.29 is 9.48 Å². The van der Waals surface area contributed by atoms with Gasteiger partial charge in [-0.15, -0.1) is 16.1 Å². The number of rotatable bonds is 5. The molecule has 0 bridgehead atoms. The highest BCUT2D eigenvalue weighted by Gasteiger charge is 2.40. The van der Waals surface area contributed by atoms with E-state index in [-0.39, 0.29) is 21.4 Å². The Balaban J connectivity index is 1.96. The highest BCUT2D eigenvalue weighted by molar-refractivity contribution is 8.00. The maximum atomic E-state index is 12.9. The van der Waals surface area contributed by atoms with Gasteiger partial charge in [0.2, 0.25) is 0 Å². The topological polar surface area (TPSA) is 69.4 Å². The zero-order chi connectivity index (χ0) is 17.5. The van der Waals surface area contributed by atoms with E-state index in [1.807, 2.05) is 43.3 Å². The molecule has 5 nitrogen and oxygen atoms in total. The van der Waals surface area contributed by atoms with Gasteiger partial charge in [0.15, 0.2) is 0 Å². The predicted molar refractivity (Wildman–Crippen MR) is 98.5 cm³/mol. The van der Waals surface area contributed by atoms with Crippen molar-refractivity contribution in [3.05, 3.63) is 46.0 Å². The second-order valence-corrected chi connectivity index (χ2v) is 10.7. The Kier molecular flexibility index (Phi) is 4.97. The zero-order valence-electron chi connectivity index (χ0n) is 14.1. The van der Waals surface area contributed by atoms with Gasteiger partial charge in [0.25, 0.3) is 5.69 Å². The summed E-state index contributed by atoms with van der Waals surface area (Å²) >= 11 is 0.608. The summed E-state index contributed by atoms with van der Waals surface area (Å²) in [6.45, 7) is 6.45. The zero-order valence-corrected chi connectivity index (χ0v) is 15.7. The van der Waals surface area contributed by atoms with Gasteiger partial charge >= 0.3 is 0 Å². The average molecular weight is 367 g/mol. The van der Waals surface area contributed by atoms with E-state index in [0.29, 0.717) is 11.8 Å². The molecule has 2 atom stereocenters. The summed E-state index contributed by atoms with van der Waals surface area (Å²) in [6.07, 6.45) is 6.40. The van der Waals surface area contributed by atoms with E-state index in [0.717, 1.165) is 10.5 Å². The fourth-order valence-electron chi connectivity index (χ4n) is 2.64. The van der Waals surface area contributed by atoms with Crippen LogP contribution in [0.5, 0.6) is 0 Å². The third-order valence-corrected chi connectivity index (χ3v) is 7.27. The van der Waals surface area contributed by atoms with Gasteiger partial charge < -0.3 is 4.55 Å². The van der Waals surface area contributed by atoms with Crippen molar-refractivity contribution in [2.24, 2.45) is 0 Å². The van der Waals surface area contributed by atoms with Gasteiger partial charge in [-0.05, 0) is 45.2 Å². The smallest absolute Gasteiger partial charge is 0.269 e. The van der Waals surface area contributed by atoms with E-state index in [1.165, 1.54) is 12.8 Å². The van der Waals surface area contributed by atoms with Crippen LogP contribution < -0.4 is 0 Å². The monoisotopic (exact) mass is 366 g/mol. The van der Waals surface area contributed by atoms with Crippen molar-refractivity contribution in [2.75, 3.05) is 6.54 Å². The summed E-state index contributed by atoms with van der Waals surface area (Å²) < 4.78 is 14.4. The van der Waals surface area contributed by atoms with Gasteiger partial charge in [-0.2, -0.15) is 0 Å². The molecule has 1 aromatic carbocycles. The molecule has 1 heterocycles. The third-order valence-electron chi connectivity index (χ3n) is 3.99. The lowest BCUT2D eigenvalue weighted by atomic mass is 10.1. The fraction of sp³-hybridized carbons (Fsp3) is 0.529. The number of nitro groups is 1. The van der Waals surface area contributed by atoms with Gasteiger partial charge in [-0.1, -0.05) is 12.2 Å². The van der Waals surface area contributed by atoms with Crippen LogP contribution in [-0.4, -0.2) is 30.3 Å². The van der Waals surface area contributed by atoms with Crippen molar-refractivity contribution in [3.63, 3.8) is 0 Å². The molecule has 0 N–H and O–H groups in total. The van der Waals surface area contributed by atoms with Gasteiger partial charge in [-0.25, -0.2) is 0 Å². The Labute approximate surface area is 150 Å². The molecule has 1 aromatic rings. The Morgan fingerprint density at radius 3 is 2.62 bits per heavy atom. The van der Waals surface area contributed by atoms with Crippen LogP contribution in [0.1, 0.15) is 45.2 Å². The average Bonchev–Trinajstić information content (AvgIpc) is 3.19. The molecule has 2 aliphatic rings. The van der Waals surface area contributed by atoms with Crippen LogP contribution in [0.15, 0.2) is 35.2 Å². The van der Waals surface area contributed by atoms with Crippen molar-refractivity contribution in [1.82, 2.24) is 4.31 Å². The summed E-state index contributed by atoms with van der Waals surface area (Å²) in [5, 5.41) is 11.8. The van der Waals surface area contributed by atoms with Crippen LogP contribution in [-0.2, 0) is 11.4 Å². The largest absolute Gasteiger partial charge is 0.597 e. The molecule has 130 valence electrons. The molecule has 7 heteroatoms. The minimum Gasteiger partial charge on any atom is -0.597 e. The summed E-state index contributed by atoms with van der Waals surface area (Å²) in [6, 6.07) is 4.89. The maximum absolute atomic E-state index is 12.9. The normalized spacial score (nSPS) is 22.8. The second kappa shape index (κ2) is 6.71. The molecule has 24 heavy (non-hydrogen) atoms. The molecule has 1 fully saturated rings. The second-order valence-electron chi connectivity index (χ2n) is 7.13.